The van der Waals surface area contributed by atoms with Gasteiger partial charge in [-0.1, -0.05) is 12.1 Å². The molecule has 0 fully saturated rings. The number of aryl methyl sites for hydroxylation is 1. The van der Waals surface area contributed by atoms with Crippen molar-refractivity contribution < 1.29 is 9.13 Å². The van der Waals surface area contributed by atoms with E-state index in [0.717, 1.165) is 0 Å². The summed E-state index contributed by atoms with van der Waals surface area (Å²) in [5, 5.41) is 0. The topological polar surface area (TPSA) is 9.23 Å². The van der Waals surface area contributed by atoms with Crippen molar-refractivity contribution in [1.82, 2.24) is 0 Å². The van der Waals surface area contributed by atoms with E-state index in [0.29, 0.717) is 5.56 Å². The molecule has 1 nitrogen and oxygen atoms in total. The van der Waals surface area contributed by atoms with Gasteiger partial charge in [0.2, 0.25) is 0 Å². The van der Waals surface area contributed by atoms with Crippen molar-refractivity contribution in [3.8, 4) is 5.75 Å². The third-order valence-corrected chi connectivity index (χ3v) is 1.31. The number of hydrogen-bond donors (Lipinski definition) is 0. The van der Waals surface area contributed by atoms with E-state index in [1.807, 2.05) is 0 Å². The molecule has 0 atom stereocenters. The third kappa shape index (κ3) is 1.10. The van der Waals surface area contributed by atoms with E-state index < -0.39 is 0 Å². The largest absolute Gasteiger partial charge is 0.487 e. The molecule has 0 saturated carbocycles. The van der Waals surface area contributed by atoms with Crippen molar-refractivity contribution >= 4 is 0 Å². The highest BCUT2D eigenvalue weighted by molar-refractivity contribution is 5.29. The standard InChI is InChI=1S/C8H8FO/c1-6-4-3-5-7(10-2)8(6)9/h3-5H,2H2,1H3. The van der Waals surface area contributed by atoms with Gasteiger partial charge in [0.1, 0.15) is 7.11 Å². The van der Waals surface area contributed by atoms with Crippen LogP contribution < -0.4 is 4.74 Å². The van der Waals surface area contributed by atoms with E-state index in [4.69, 9.17) is 0 Å². The highest BCUT2D eigenvalue weighted by atomic mass is 19.1. The summed E-state index contributed by atoms with van der Waals surface area (Å²) in [4.78, 5) is 0. The Morgan fingerprint density at radius 1 is 1.50 bits per heavy atom. The minimum atomic E-state index is -0.336. The van der Waals surface area contributed by atoms with Crippen LogP contribution in [0.15, 0.2) is 18.2 Å². The zero-order valence-electron chi connectivity index (χ0n) is 5.73. The normalized spacial score (nSPS) is 9.50. The molecule has 0 aromatic heterocycles. The third-order valence-electron chi connectivity index (χ3n) is 1.31. The van der Waals surface area contributed by atoms with Gasteiger partial charge in [-0.3, -0.25) is 0 Å². The van der Waals surface area contributed by atoms with Crippen LogP contribution in [-0.4, -0.2) is 0 Å². The highest BCUT2D eigenvalue weighted by Gasteiger charge is 2.02. The Morgan fingerprint density at radius 3 is 2.70 bits per heavy atom. The average molecular weight is 139 g/mol. The Balaban J connectivity index is 3.14. The Labute approximate surface area is 59.4 Å². The molecule has 1 aromatic rings. The minimum absolute atomic E-state index is 0.194. The van der Waals surface area contributed by atoms with Crippen molar-refractivity contribution in [2.45, 2.75) is 6.92 Å². The predicted molar refractivity (Wildman–Crippen MR) is 37.1 cm³/mol. The zero-order chi connectivity index (χ0) is 7.56. The summed E-state index contributed by atoms with van der Waals surface area (Å²) >= 11 is 0. The second kappa shape index (κ2) is 2.69. The van der Waals surface area contributed by atoms with Gasteiger partial charge in [-0.05, 0) is 18.6 Å². The van der Waals surface area contributed by atoms with Crippen molar-refractivity contribution in [2.24, 2.45) is 0 Å². The molecule has 0 N–H and O–H groups in total. The maximum Gasteiger partial charge on any atom is 0.167 e. The van der Waals surface area contributed by atoms with Crippen molar-refractivity contribution in [2.75, 3.05) is 0 Å². The fourth-order valence-corrected chi connectivity index (χ4v) is 0.732. The highest BCUT2D eigenvalue weighted by Crippen LogP contribution is 2.18. The summed E-state index contributed by atoms with van der Waals surface area (Å²) in [5.41, 5.74) is 0.571. The van der Waals surface area contributed by atoms with Gasteiger partial charge in [0.15, 0.2) is 11.6 Å². The summed E-state index contributed by atoms with van der Waals surface area (Å²) in [5.74, 6) is -0.141. The Kier molecular flexibility index (Phi) is 1.90. The molecule has 0 amide bonds. The molecular formula is C8H8FO. The van der Waals surface area contributed by atoms with Crippen molar-refractivity contribution in [3.63, 3.8) is 0 Å². The van der Waals surface area contributed by atoms with E-state index in [-0.39, 0.29) is 11.6 Å². The van der Waals surface area contributed by atoms with E-state index in [2.05, 4.69) is 11.8 Å². The molecule has 2 heteroatoms. The summed E-state index contributed by atoms with van der Waals surface area (Å²) in [6.45, 7) is 1.68. The van der Waals surface area contributed by atoms with Crippen LogP contribution in [0, 0.1) is 19.9 Å². The summed E-state index contributed by atoms with van der Waals surface area (Å²) < 4.78 is 17.3. The van der Waals surface area contributed by atoms with Crippen molar-refractivity contribution in [1.29, 1.82) is 0 Å². The zero-order valence-corrected chi connectivity index (χ0v) is 5.73. The first-order valence-electron chi connectivity index (χ1n) is 2.93. The molecule has 0 aliphatic heterocycles. The molecule has 10 heavy (non-hydrogen) atoms. The van der Waals surface area contributed by atoms with E-state index in [1.54, 1.807) is 19.1 Å². The lowest BCUT2D eigenvalue weighted by Gasteiger charge is -2.01. The lowest BCUT2D eigenvalue weighted by molar-refractivity contribution is 0.432. The maximum atomic E-state index is 12.8. The second-order valence-corrected chi connectivity index (χ2v) is 2.03. The molecule has 0 spiro atoms. The summed E-state index contributed by atoms with van der Waals surface area (Å²) in [6, 6.07) is 4.94. The van der Waals surface area contributed by atoms with Crippen LogP contribution in [0.25, 0.3) is 0 Å². The molecule has 53 valence electrons. The molecular weight excluding hydrogens is 131 g/mol. The smallest absolute Gasteiger partial charge is 0.167 e. The number of rotatable bonds is 1. The molecule has 1 rings (SSSR count). The predicted octanol–water partition coefficient (Wildman–Crippen LogP) is 2.30. The second-order valence-electron chi connectivity index (χ2n) is 2.03. The average Bonchev–Trinajstić information content (AvgIpc) is 1.95. The van der Waals surface area contributed by atoms with Gasteiger partial charge < -0.3 is 4.74 Å². The van der Waals surface area contributed by atoms with Crippen LogP contribution in [0.3, 0.4) is 0 Å². The monoisotopic (exact) mass is 139 g/mol. The van der Waals surface area contributed by atoms with Gasteiger partial charge in [0.05, 0.1) is 0 Å². The number of benzene rings is 1. The maximum absolute atomic E-state index is 12.8. The summed E-state index contributed by atoms with van der Waals surface area (Å²) in [6.07, 6.45) is 0. The lowest BCUT2D eigenvalue weighted by Crippen LogP contribution is -1.87. The number of ether oxygens (including phenoxy) is 1. The molecule has 0 heterocycles. The first-order valence-corrected chi connectivity index (χ1v) is 2.93. The molecule has 0 unspecified atom stereocenters. The lowest BCUT2D eigenvalue weighted by atomic mass is 10.2. The Morgan fingerprint density at radius 2 is 2.20 bits per heavy atom. The van der Waals surface area contributed by atoms with Gasteiger partial charge in [-0.2, -0.15) is 0 Å². The number of halogens is 1. The Hall–Kier alpha value is -1.05. The molecule has 0 aliphatic carbocycles. The molecule has 1 radical (unpaired) electrons. The SMILES string of the molecule is [CH2]Oc1cccc(C)c1F. The van der Waals surface area contributed by atoms with Crippen LogP contribution in [0.5, 0.6) is 5.75 Å². The van der Waals surface area contributed by atoms with Crippen LogP contribution in [-0.2, 0) is 0 Å². The van der Waals surface area contributed by atoms with Crippen LogP contribution in [0.1, 0.15) is 5.56 Å². The molecule has 0 bridgehead atoms. The Bertz CT molecular complexity index is 233. The van der Waals surface area contributed by atoms with Crippen LogP contribution in [0.4, 0.5) is 4.39 Å². The van der Waals surface area contributed by atoms with Crippen LogP contribution >= 0.6 is 0 Å². The van der Waals surface area contributed by atoms with E-state index in [9.17, 15) is 4.39 Å². The molecule has 0 aliphatic rings. The van der Waals surface area contributed by atoms with Gasteiger partial charge in [-0.15, -0.1) is 0 Å². The van der Waals surface area contributed by atoms with E-state index >= 15 is 0 Å². The fraction of sp³-hybridized carbons (Fsp3) is 0.125. The van der Waals surface area contributed by atoms with Gasteiger partial charge >= 0.3 is 0 Å². The van der Waals surface area contributed by atoms with E-state index in [1.165, 1.54) is 6.07 Å². The minimum Gasteiger partial charge on any atom is -0.487 e. The van der Waals surface area contributed by atoms with Gasteiger partial charge in [0, 0.05) is 0 Å². The van der Waals surface area contributed by atoms with Gasteiger partial charge in [-0.25, -0.2) is 4.39 Å². The van der Waals surface area contributed by atoms with Crippen LogP contribution in [0.2, 0.25) is 0 Å². The van der Waals surface area contributed by atoms with Crippen molar-refractivity contribution in [3.05, 3.63) is 36.7 Å². The quantitative estimate of drug-likeness (QED) is 0.580. The first kappa shape index (κ1) is 7.06. The number of hydrogen-bond acceptors (Lipinski definition) is 1. The van der Waals surface area contributed by atoms with Gasteiger partial charge in [0.25, 0.3) is 0 Å². The molecule has 0 saturated heterocycles. The molecule has 1 aromatic carbocycles. The summed E-state index contributed by atoms with van der Waals surface area (Å²) in [7, 11) is 3.12. The fourth-order valence-electron chi connectivity index (χ4n) is 0.732. The first-order chi connectivity index (χ1) is 4.75.